The Morgan fingerprint density at radius 1 is 1.13 bits per heavy atom. The summed E-state index contributed by atoms with van der Waals surface area (Å²) < 4.78 is 7.99. The molecule has 2 N–H and O–H groups in total. The van der Waals surface area contributed by atoms with Gasteiger partial charge in [-0.3, -0.25) is 14.8 Å². The van der Waals surface area contributed by atoms with Gasteiger partial charge in [0.25, 0.3) is 0 Å². The number of aliphatic carboxylic acids is 1. The highest BCUT2D eigenvalue weighted by molar-refractivity contribution is 7.13. The Balaban J connectivity index is 1.33. The molecular weight excluding hydrogens is 512 g/mol. The van der Waals surface area contributed by atoms with E-state index in [9.17, 15) is 15.0 Å². The molecule has 2 aromatic carbocycles. The minimum atomic E-state index is -0.789. The standard InChI is InChI=1S/C30H28N4O4S/c1-2-21(30(36)37)12-23-16-34(17-27(23)22-6-4-3-5-7-22)15-20-10-25(35)13-26(11-20)38-18-24-19-39-29(33-24)28-14-31-8-9-32-28/h3-11,13-14,16-17,19,21,35H,2,12,15,18H2,1H3,(H,36,37). The molecule has 0 saturated carbocycles. The van der Waals surface area contributed by atoms with Gasteiger partial charge in [0, 0.05) is 48.3 Å². The lowest BCUT2D eigenvalue weighted by Gasteiger charge is -2.10. The van der Waals surface area contributed by atoms with Crippen molar-refractivity contribution in [3.8, 4) is 33.3 Å². The number of carboxylic acid groups (broad SMARTS) is 1. The van der Waals surface area contributed by atoms with E-state index in [0.29, 0.717) is 30.8 Å². The zero-order valence-electron chi connectivity index (χ0n) is 21.4. The number of phenolic OH excluding ortho intramolecular Hbond substituents is 1. The number of hydrogen-bond acceptors (Lipinski definition) is 7. The number of aromatic hydroxyl groups is 1. The fraction of sp³-hybridized carbons (Fsp3) is 0.200. The van der Waals surface area contributed by atoms with Crippen LogP contribution in [0.4, 0.5) is 0 Å². The van der Waals surface area contributed by atoms with Crippen molar-refractivity contribution in [2.45, 2.75) is 32.9 Å². The van der Waals surface area contributed by atoms with Crippen LogP contribution in [0.25, 0.3) is 21.8 Å². The summed E-state index contributed by atoms with van der Waals surface area (Å²) in [6, 6.07) is 15.1. The van der Waals surface area contributed by atoms with E-state index in [0.717, 1.165) is 33.0 Å². The van der Waals surface area contributed by atoms with Crippen LogP contribution in [-0.2, 0) is 24.4 Å². The Morgan fingerprint density at radius 3 is 2.72 bits per heavy atom. The van der Waals surface area contributed by atoms with Crippen molar-refractivity contribution in [1.82, 2.24) is 19.5 Å². The van der Waals surface area contributed by atoms with Gasteiger partial charge in [0.15, 0.2) is 0 Å². The summed E-state index contributed by atoms with van der Waals surface area (Å²) in [5.41, 5.74) is 5.36. The highest BCUT2D eigenvalue weighted by Crippen LogP contribution is 2.30. The lowest BCUT2D eigenvalue weighted by molar-refractivity contribution is -0.141. The molecule has 5 rings (SSSR count). The summed E-state index contributed by atoms with van der Waals surface area (Å²) in [7, 11) is 0. The Hall–Kier alpha value is -4.50. The quantitative estimate of drug-likeness (QED) is 0.210. The van der Waals surface area contributed by atoms with Crippen LogP contribution in [0.5, 0.6) is 11.5 Å². The first-order valence-electron chi connectivity index (χ1n) is 12.6. The molecule has 8 nitrogen and oxygen atoms in total. The molecule has 3 heterocycles. The first kappa shape index (κ1) is 26.1. The molecule has 0 fully saturated rings. The van der Waals surface area contributed by atoms with E-state index in [1.165, 1.54) is 11.3 Å². The van der Waals surface area contributed by atoms with Gasteiger partial charge in [-0.2, -0.15) is 0 Å². The van der Waals surface area contributed by atoms with Crippen LogP contribution in [0, 0.1) is 5.92 Å². The third-order valence-corrected chi connectivity index (χ3v) is 7.31. The van der Waals surface area contributed by atoms with E-state index in [-0.39, 0.29) is 12.4 Å². The summed E-state index contributed by atoms with van der Waals surface area (Å²) in [6.45, 7) is 2.63. The van der Waals surface area contributed by atoms with Crippen molar-refractivity contribution in [3.63, 3.8) is 0 Å². The molecule has 5 aromatic rings. The van der Waals surface area contributed by atoms with Gasteiger partial charge in [0.2, 0.25) is 0 Å². The second-order valence-corrected chi connectivity index (χ2v) is 10.1. The number of carboxylic acids is 1. The van der Waals surface area contributed by atoms with Crippen LogP contribution in [0.2, 0.25) is 0 Å². The molecule has 198 valence electrons. The number of thiazole rings is 1. The molecule has 0 bridgehead atoms. The second-order valence-electron chi connectivity index (χ2n) is 9.24. The Kier molecular flexibility index (Phi) is 7.98. The van der Waals surface area contributed by atoms with E-state index >= 15 is 0 Å². The van der Waals surface area contributed by atoms with Crippen molar-refractivity contribution in [2.24, 2.45) is 5.92 Å². The van der Waals surface area contributed by atoms with Crippen LogP contribution >= 0.6 is 11.3 Å². The van der Waals surface area contributed by atoms with Crippen LogP contribution in [0.3, 0.4) is 0 Å². The third kappa shape index (κ3) is 6.50. The van der Waals surface area contributed by atoms with Gasteiger partial charge in [-0.15, -0.1) is 11.3 Å². The molecule has 0 aliphatic heterocycles. The molecule has 0 saturated heterocycles. The Morgan fingerprint density at radius 2 is 1.97 bits per heavy atom. The molecule has 9 heteroatoms. The topological polar surface area (TPSA) is 110 Å². The summed E-state index contributed by atoms with van der Waals surface area (Å²) >= 11 is 1.47. The first-order valence-corrected chi connectivity index (χ1v) is 13.5. The van der Waals surface area contributed by atoms with Crippen molar-refractivity contribution in [2.75, 3.05) is 0 Å². The predicted molar refractivity (Wildman–Crippen MR) is 150 cm³/mol. The highest BCUT2D eigenvalue weighted by atomic mass is 32.1. The van der Waals surface area contributed by atoms with Gasteiger partial charge in [-0.25, -0.2) is 4.98 Å². The summed E-state index contributed by atoms with van der Waals surface area (Å²) in [5.74, 6) is -0.604. The monoisotopic (exact) mass is 540 g/mol. The fourth-order valence-corrected chi connectivity index (χ4v) is 5.21. The van der Waals surface area contributed by atoms with Gasteiger partial charge >= 0.3 is 5.97 Å². The molecule has 0 radical (unpaired) electrons. The Labute approximate surface area is 230 Å². The number of aromatic nitrogens is 4. The average molecular weight is 541 g/mol. The molecule has 1 unspecified atom stereocenters. The maximum Gasteiger partial charge on any atom is 0.306 e. The fourth-order valence-electron chi connectivity index (χ4n) is 4.45. The van der Waals surface area contributed by atoms with Crippen LogP contribution in [0.1, 0.15) is 30.2 Å². The maximum atomic E-state index is 11.7. The molecule has 39 heavy (non-hydrogen) atoms. The smallest absolute Gasteiger partial charge is 0.306 e. The summed E-state index contributed by atoms with van der Waals surface area (Å²) in [5, 5.41) is 22.7. The summed E-state index contributed by atoms with van der Waals surface area (Å²) in [6.07, 6.45) is 9.96. The molecule has 0 aliphatic carbocycles. The van der Waals surface area contributed by atoms with Crippen molar-refractivity contribution < 1.29 is 19.7 Å². The van der Waals surface area contributed by atoms with Gasteiger partial charge in [-0.1, -0.05) is 37.3 Å². The Bertz CT molecular complexity index is 1550. The SMILES string of the molecule is CCC(Cc1cn(Cc2cc(O)cc(OCc3csc(-c4cnccn4)n3)c2)cc1-c1ccccc1)C(=O)O. The van der Waals surface area contributed by atoms with Crippen LogP contribution in [0.15, 0.2) is 84.9 Å². The normalized spacial score (nSPS) is 11.8. The van der Waals surface area contributed by atoms with E-state index < -0.39 is 11.9 Å². The predicted octanol–water partition coefficient (Wildman–Crippen LogP) is 6.05. The number of benzene rings is 2. The zero-order chi connectivity index (χ0) is 27.2. The number of phenols is 1. The summed E-state index contributed by atoms with van der Waals surface area (Å²) in [4.78, 5) is 24.7. The molecule has 0 spiro atoms. The van der Waals surface area contributed by atoms with E-state index in [1.54, 1.807) is 30.7 Å². The number of carbonyl (C=O) groups is 1. The van der Waals surface area contributed by atoms with E-state index in [1.807, 2.05) is 65.7 Å². The highest BCUT2D eigenvalue weighted by Gasteiger charge is 2.20. The van der Waals surface area contributed by atoms with E-state index in [2.05, 4.69) is 15.0 Å². The van der Waals surface area contributed by atoms with E-state index in [4.69, 9.17) is 4.74 Å². The van der Waals surface area contributed by atoms with Gasteiger partial charge in [0.05, 0.1) is 17.8 Å². The molecular formula is C30H28N4O4S. The lowest BCUT2D eigenvalue weighted by atomic mass is 9.94. The number of rotatable bonds is 11. The molecule has 0 aliphatic rings. The first-order chi connectivity index (χ1) is 19.0. The maximum absolute atomic E-state index is 11.7. The van der Waals surface area contributed by atoms with Gasteiger partial charge in [0.1, 0.15) is 28.8 Å². The lowest BCUT2D eigenvalue weighted by Crippen LogP contribution is -2.15. The average Bonchev–Trinajstić information content (AvgIpc) is 3.58. The number of ether oxygens (including phenoxy) is 1. The third-order valence-electron chi connectivity index (χ3n) is 6.39. The minimum Gasteiger partial charge on any atom is -0.508 e. The van der Waals surface area contributed by atoms with Crippen molar-refractivity contribution in [1.29, 1.82) is 0 Å². The minimum absolute atomic E-state index is 0.105. The largest absolute Gasteiger partial charge is 0.508 e. The van der Waals surface area contributed by atoms with Crippen LogP contribution < -0.4 is 4.74 Å². The number of hydrogen-bond donors (Lipinski definition) is 2. The number of nitrogens with zero attached hydrogens (tertiary/aromatic N) is 4. The van der Waals surface area contributed by atoms with Gasteiger partial charge in [-0.05, 0) is 41.7 Å². The van der Waals surface area contributed by atoms with Crippen molar-refractivity contribution in [3.05, 3.63) is 102 Å². The molecule has 0 amide bonds. The molecule has 1 atom stereocenters. The molecule has 3 aromatic heterocycles. The van der Waals surface area contributed by atoms with Gasteiger partial charge < -0.3 is 19.5 Å². The van der Waals surface area contributed by atoms with Crippen molar-refractivity contribution >= 4 is 17.3 Å². The zero-order valence-corrected chi connectivity index (χ0v) is 22.2. The second kappa shape index (κ2) is 11.9. The van der Waals surface area contributed by atoms with Crippen LogP contribution in [-0.4, -0.2) is 35.7 Å².